The minimum atomic E-state index is -0.576. The van der Waals surface area contributed by atoms with Crippen molar-refractivity contribution in [3.8, 4) is 0 Å². The van der Waals surface area contributed by atoms with Gasteiger partial charge in [-0.05, 0) is 12.1 Å². The lowest BCUT2D eigenvalue weighted by atomic mass is 9.91. The number of benzene rings is 1. The Kier molecular flexibility index (Phi) is 4.28. The SMILES string of the molecule is CC(C)(C)C(=O)COC(=O)c1cc(Cl)nc2ccccc12. The van der Waals surface area contributed by atoms with Crippen molar-refractivity contribution in [1.82, 2.24) is 4.98 Å². The van der Waals surface area contributed by atoms with Crippen LogP contribution in [0.15, 0.2) is 30.3 Å². The van der Waals surface area contributed by atoms with Crippen LogP contribution >= 0.6 is 11.6 Å². The van der Waals surface area contributed by atoms with Crippen LogP contribution in [0.3, 0.4) is 0 Å². The summed E-state index contributed by atoms with van der Waals surface area (Å²) in [6.07, 6.45) is 0. The molecule has 0 fully saturated rings. The second-order valence-electron chi connectivity index (χ2n) is 5.76. The molecule has 0 saturated heterocycles. The Balaban J connectivity index is 2.26. The van der Waals surface area contributed by atoms with Crippen molar-refractivity contribution < 1.29 is 14.3 Å². The van der Waals surface area contributed by atoms with E-state index in [0.717, 1.165) is 0 Å². The highest BCUT2D eigenvalue weighted by Crippen LogP contribution is 2.22. The van der Waals surface area contributed by atoms with Gasteiger partial charge in [0.25, 0.3) is 0 Å². The van der Waals surface area contributed by atoms with Crippen LogP contribution in [-0.4, -0.2) is 23.3 Å². The maximum absolute atomic E-state index is 12.2. The Bertz CT molecular complexity index is 704. The summed E-state index contributed by atoms with van der Waals surface area (Å²) >= 11 is 5.92. The molecule has 0 bridgehead atoms. The van der Waals surface area contributed by atoms with E-state index in [1.165, 1.54) is 6.07 Å². The van der Waals surface area contributed by atoms with Crippen LogP contribution in [0.25, 0.3) is 10.9 Å². The fraction of sp³-hybridized carbons (Fsp3) is 0.312. The van der Waals surface area contributed by atoms with Crippen molar-refractivity contribution in [2.45, 2.75) is 20.8 Å². The molecule has 0 N–H and O–H groups in total. The summed E-state index contributed by atoms with van der Waals surface area (Å²) in [6, 6.07) is 8.59. The molecule has 0 aliphatic heterocycles. The number of esters is 1. The highest BCUT2D eigenvalue weighted by atomic mass is 35.5. The number of ether oxygens (including phenoxy) is 1. The minimum Gasteiger partial charge on any atom is -0.454 e. The summed E-state index contributed by atoms with van der Waals surface area (Å²) in [4.78, 5) is 28.1. The van der Waals surface area contributed by atoms with E-state index in [4.69, 9.17) is 16.3 Å². The Morgan fingerprint density at radius 3 is 2.57 bits per heavy atom. The highest BCUT2D eigenvalue weighted by Gasteiger charge is 2.23. The highest BCUT2D eigenvalue weighted by molar-refractivity contribution is 6.30. The first kappa shape index (κ1) is 15.4. The third kappa shape index (κ3) is 3.58. The number of rotatable bonds is 3. The molecule has 0 atom stereocenters. The molecule has 0 aliphatic rings. The number of carbonyl (C=O) groups excluding carboxylic acids is 2. The largest absolute Gasteiger partial charge is 0.454 e. The normalized spacial score (nSPS) is 11.4. The van der Waals surface area contributed by atoms with Gasteiger partial charge in [-0.25, -0.2) is 9.78 Å². The third-order valence-corrected chi connectivity index (χ3v) is 3.27. The maximum atomic E-state index is 12.2. The summed E-state index contributed by atoms with van der Waals surface area (Å²) in [5, 5.41) is 0.859. The van der Waals surface area contributed by atoms with Gasteiger partial charge in [0, 0.05) is 10.8 Å². The molecule has 0 aliphatic carbocycles. The fourth-order valence-electron chi connectivity index (χ4n) is 1.74. The molecule has 0 saturated carbocycles. The summed E-state index contributed by atoms with van der Waals surface area (Å²) in [6.45, 7) is 5.09. The Hall–Kier alpha value is -1.94. The van der Waals surface area contributed by atoms with Gasteiger partial charge in [0.1, 0.15) is 5.15 Å². The van der Waals surface area contributed by atoms with E-state index in [-0.39, 0.29) is 17.5 Å². The van der Waals surface area contributed by atoms with Crippen LogP contribution in [0.5, 0.6) is 0 Å². The minimum absolute atomic E-state index is 0.139. The van der Waals surface area contributed by atoms with Crippen molar-refractivity contribution in [3.05, 3.63) is 41.0 Å². The smallest absolute Gasteiger partial charge is 0.339 e. The zero-order chi connectivity index (χ0) is 15.6. The van der Waals surface area contributed by atoms with Gasteiger partial charge >= 0.3 is 5.97 Å². The molecule has 4 nitrogen and oxygen atoms in total. The van der Waals surface area contributed by atoms with Crippen molar-refractivity contribution in [3.63, 3.8) is 0 Å². The van der Waals surface area contributed by atoms with Gasteiger partial charge in [0.2, 0.25) is 0 Å². The first-order valence-electron chi connectivity index (χ1n) is 6.55. The van der Waals surface area contributed by atoms with Gasteiger partial charge in [-0.15, -0.1) is 0 Å². The Labute approximate surface area is 128 Å². The predicted octanol–water partition coefficient (Wildman–Crippen LogP) is 3.66. The fourth-order valence-corrected chi connectivity index (χ4v) is 1.94. The molecular formula is C16H16ClNO3. The van der Waals surface area contributed by atoms with Crippen LogP contribution in [0.1, 0.15) is 31.1 Å². The van der Waals surface area contributed by atoms with Gasteiger partial charge in [-0.2, -0.15) is 0 Å². The summed E-state index contributed by atoms with van der Waals surface area (Å²) in [5.74, 6) is -0.714. The van der Waals surface area contributed by atoms with Crippen LogP contribution in [-0.2, 0) is 9.53 Å². The van der Waals surface area contributed by atoms with E-state index in [2.05, 4.69) is 4.98 Å². The lowest BCUT2D eigenvalue weighted by Crippen LogP contribution is -2.26. The molecule has 2 rings (SSSR count). The molecular weight excluding hydrogens is 290 g/mol. The van der Waals surface area contributed by atoms with Gasteiger partial charge in [0.05, 0.1) is 11.1 Å². The number of para-hydroxylation sites is 1. The van der Waals surface area contributed by atoms with Gasteiger partial charge in [0.15, 0.2) is 12.4 Å². The van der Waals surface area contributed by atoms with E-state index in [1.807, 2.05) is 6.07 Å². The van der Waals surface area contributed by atoms with Gasteiger partial charge in [-0.3, -0.25) is 4.79 Å². The van der Waals surface area contributed by atoms with Crippen molar-refractivity contribution in [2.24, 2.45) is 5.41 Å². The quantitative estimate of drug-likeness (QED) is 0.641. The third-order valence-electron chi connectivity index (χ3n) is 3.08. The van der Waals surface area contributed by atoms with Crippen LogP contribution in [0.4, 0.5) is 0 Å². The molecule has 1 aromatic carbocycles. The van der Waals surface area contributed by atoms with Gasteiger partial charge < -0.3 is 4.74 Å². The zero-order valence-corrected chi connectivity index (χ0v) is 12.9. The maximum Gasteiger partial charge on any atom is 0.339 e. The van der Waals surface area contributed by atoms with E-state index in [1.54, 1.807) is 39.0 Å². The first-order chi connectivity index (χ1) is 9.79. The van der Waals surface area contributed by atoms with Crippen LogP contribution < -0.4 is 0 Å². The Morgan fingerprint density at radius 1 is 1.24 bits per heavy atom. The second kappa shape index (κ2) is 5.82. The number of hydrogen-bond donors (Lipinski definition) is 0. The lowest BCUT2D eigenvalue weighted by molar-refractivity contribution is -0.129. The van der Waals surface area contributed by atoms with Crippen LogP contribution in [0.2, 0.25) is 5.15 Å². The van der Waals surface area contributed by atoms with E-state index in [0.29, 0.717) is 16.5 Å². The predicted molar refractivity (Wildman–Crippen MR) is 81.5 cm³/mol. The molecule has 2 aromatic rings. The van der Waals surface area contributed by atoms with Crippen molar-refractivity contribution in [2.75, 3.05) is 6.61 Å². The van der Waals surface area contributed by atoms with Crippen LogP contribution in [0, 0.1) is 5.41 Å². The average molecular weight is 306 g/mol. The topological polar surface area (TPSA) is 56.3 Å². The van der Waals surface area contributed by atoms with E-state index in [9.17, 15) is 9.59 Å². The molecule has 21 heavy (non-hydrogen) atoms. The second-order valence-corrected chi connectivity index (χ2v) is 6.15. The van der Waals surface area contributed by atoms with E-state index < -0.39 is 11.4 Å². The molecule has 0 spiro atoms. The number of fused-ring (bicyclic) bond motifs is 1. The molecule has 5 heteroatoms. The van der Waals surface area contributed by atoms with Crippen molar-refractivity contribution >= 4 is 34.3 Å². The number of hydrogen-bond acceptors (Lipinski definition) is 4. The zero-order valence-electron chi connectivity index (χ0n) is 12.1. The number of pyridine rings is 1. The molecule has 0 unspecified atom stereocenters. The number of halogens is 1. The van der Waals surface area contributed by atoms with E-state index >= 15 is 0 Å². The summed E-state index contributed by atoms with van der Waals surface area (Å²) < 4.78 is 5.10. The number of ketones is 1. The Morgan fingerprint density at radius 2 is 1.90 bits per heavy atom. The number of aromatic nitrogens is 1. The molecule has 0 radical (unpaired) electrons. The molecule has 1 heterocycles. The number of Topliss-reactive ketones (excluding diaryl/α,β-unsaturated/α-hetero) is 1. The molecule has 1 aromatic heterocycles. The summed E-state index contributed by atoms with van der Waals surface area (Å²) in [5.41, 5.74) is 0.379. The molecule has 110 valence electrons. The average Bonchev–Trinajstić information content (AvgIpc) is 2.42. The van der Waals surface area contributed by atoms with Crippen molar-refractivity contribution in [1.29, 1.82) is 0 Å². The lowest BCUT2D eigenvalue weighted by Gasteiger charge is -2.16. The number of carbonyl (C=O) groups is 2. The first-order valence-corrected chi connectivity index (χ1v) is 6.92. The standard InChI is InChI=1S/C16H16ClNO3/c1-16(2,3)13(19)9-21-15(20)11-8-14(17)18-12-7-5-4-6-10(11)12/h4-8H,9H2,1-3H3. The molecule has 0 amide bonds. The monoisotopic (exact) mass is 305 g/mol. The van der Waals surface area contributed by atoms with Gasteiger partial charge in [-0.1, -0.05) is 50.6 Å². The summed E-state index contributed by atoms with van der Waals surface area (Å²) in [7, 11) is 0. The number of nitrogens with zero attached hydrogens (tertiary/aromatic N) is 1.